The topological polar surface area (TPSA) is 38.8 Å². The van der Waals surface area contributed by atoms with E-state index in [9.17, 15) is 0 Å². The lowest BCUT2D eigenvalue weighted by Crippen LogP contribution is -1.73. The minimum atomic E-state index is 0.667. The highest BCUT2D eigenvalue weighted by atomic mass is 15.4. The van der Waals surface area contributed by atoms with E-state index in [4.69, 9.17) is 0 Å². The van der Waals surface area contributed by atoms with Crippen molar-refractivity contribution >= 4 is 6.21 Å². The summed E-state index contributed by atoms with van der Waals surface area (Å²) in [5, 5.41) is 10.2. The zero-order valence-corrected chi connectivity index (χ0v) is 2.63. The van der Waals surface area contributed by atoms with Gasteiger partial charge in [-0.1, -0.05) is 0 Å². The zero-order valence-electron chi connectivity index (χ0n) is 2.63. The van der Waals surface area contributed by atoms with Crippen LogP contribution in [-0.4, -0.2) is 12.8 Å². The molecule has 1 radical (unpaired) electrons. The fourth-order valence-corrected chi connectivity index (χ4v) is 0.183. The third-order valence-electron chi connectivity index (χ3n) is 0.360. The second-order valence-corrected chi connectivity index (χ2v) is 0.711. The highest BCUT2D eigenvalue weighted by Gasteiger charge is 1.92. The first-order valence-electron chi connectivity index (χ1n) is 1.38. The Morgan fingerprint density at radius 2 is 2.80 bits per heavy atom. The Morgan fingerprint density at radius 3 is 3.00 bits per heavy atom. The Balaban J connectivity index is 2.61. The fourth-order valence-electron chi connectivity index (χ4n) is 0.183. The predicted octanol–water partition coefficient (Wildman–Crippen LogP) is -0.226. The molecule has 5 heavy (non-hydrogen) atoms. The minimum Gasteiger partial charge on any atom is 0.0423 e. The van der Waals surface area contributed by atoms with Gasteiger partial charge in [-0.25, -0.2) is 0 Å². The average Bonchev–Trinajstić information content (AvgIpc) is 1.76. The summed E-state index contributed by atoms with van der Waals surface area (Å²) in [6.07, 6.45) is 1.65. The largest absolute Gasteiger partial charge is 0.218 e. The van der Waals surface area contributed by atoms with E-state index in [1.165, 1.54) is 0 Å². The molecule has 0 atom stereocenters. The van der Waals surface area contributed by atoms with Crippen molar-refractivity contribution in [3.63, 3.8) is 0 Å². The molecule has 0 aliphatic carbocycles. The van der Waals surface area contributed by atoms with Crippen LogP contribution in [-0.2, 0) is 0 Å². The van der Waals surface area contributed by atoms with E-state index in [1.54, 1.807) is 6.21 Å². The van der Waals surface area contributed by atoms with E-state index in [1.807, 2.05) is 0 Å². The summed E-state index contributed by atoms with van der Waals surface area (Å²) in [6, 6.07) is 0. The van der Waals surface area contributed by atoms with Crippen LogP contribution in [0.3, 0.4) is 0 Å². The Labute approximate surface area is 29.4 Å². The maximum absolute atomic E-state index is 3.49. The van der Waals surface area contributed by atoms with Crippen LogP contribution in [0.25, 0.3) is 0 Å². The predicted molar refractivity (Wildman–Crippen MR) is 17.9 cm³/mol. The summed E-state index contributed by atoms with van der Waals surface area (Å²) in [7, 11) is 0. The molecule has 0 N–H and O–H groups in total. The summed E-state index contributed by atoms with van der Waals surface area (Å²) in [6.45, 7) is 0.667. The van der Waals surface area contributed by atoms with Crippen LogP contribution < -0.4 is 5.10 Å². The molecule has 3 heteroatoms. The van der Waals surface area contributed by atoms with E-state index in [-0.39, 0.29) is 0 Å². The lowest BCUT2D eigenvalue weighted by Gasteiger charge is -1.36. The van der Waals surface area contributed by atoms with Gasteiger partial charge in [-0.15, -0.1) is 0 Å². The summed E-state index contributed by atoms with van der Waals surface area (Å²) in [5.41, 5.74) is 0. The molecule has 25 valence electrons. The van der Waals surface area contributed by atoms with Crippen LogP contribution in [0.5, 0.6) is 0 Å². The molecule has 3 nitrogen and oxygen atoms in total. The highest BCUT2D eigenvalue weighted by Crippen LogP contribution is 1.69. The van der Waals surface area contributed by atoms with Gasteiger partial charge in [-0.2, -0.15) is 0 Å². The van der Waals surface area contributed by atoms with Crippen LogP contribution in [0.15, 0.2) is 10.3 Å². The van der Waals surface area contributed by atoms with Gasteiger partial charge in [0.25, 0.3) is 0 Å². The van der Waals surface area contributed by atoms with Crippen LogP contribution in [0.1, 0.15) is 0 Å². The van der Waals surface area contributed by atoms with E-state index >= 15 is 0 Å². The molecule has 0 aromatic carbocycles. The third-order valence-corrected chi connectivity index (χ3v) is 0.360. The number of hydrogen-bond acceptors (Lipinski definition) is 3. The van der Waals surface area contributed by atoms with Gasteiger partial charge in [-0.05, 0) is 0 Å². The van der Waals surface area contributed by atoms with E-state index in [0.717, 1.165) is 0 Å². The molecule has 1 rings (SSSR count). The maximum Gasteiger partial charge on any atom is 0.218 e. The van der Waals surface area contributed by atoms with E-state index < -0.39 is 0 Å². The molecule has 0 unspecified atom stereocenters. The van der Waals surface area contributed by atoms with Crippen molar-refractivity contribution in [2.75, 3.05) is 6.54 Å². The lowest BCUT2D eigenvalue weighted by molar-refractivity contribution is 0.983. The average molecular weight is 69.1 g/mol. The quantitative estimate of drug-likeness (QED) is 0.377. The number of nitrogens with zero attached hydrogens (tertiary/aromatic N) is 3. The second-order valence-electron chi connectivity index (χ2n) is 0.711. The molecule has 1 heterocycles. The van der Waals surface area contributed by atoms with Gasteiger partial charge in [-0.3, -0.25) is 0 Å². The highest BCUT2D eigenvalue weighted by molar-refractivity contribution is 5.58. The first-order valence-corrected chi connectivity index (χ1v) is 1.38. The maximum atomic E-state index is 3.49. The molecular weight excluding hydrogens is 66.0 g/mol. The standard InChI is InChI=1S/C2H3N3/c1-2-4-5-3-1/h1H,2H2/q+1. The molecule has 1 aliphatic rings. The van der Waals surface area contributed by atoms with Gasteiger partial charge in [0.05, 0.1) is 5.10 Å². The van der Waals surface area contributed by atoms with Gasteiger partial charge in [0.1, 0.15) is 0 Å². The van der Waals surface area contributed by atoms with Crippen molar-refractivity contribution in [1.82, 2.24) is 5.10 Å². The van der Waals surface area contributed by atoms with Gasteiger partial charge in [0.2, 0.25) is 6.54 Å². The third kappa shape index (κ3) is 0.289. The van der Waals surface area contributed by atoms with Crippen LogP contribution in [0.4, 0.5) is 0 Å². The Hall–Kier alpha value is -0.730. The molecule has 1 aliphatic heterocycles. The van der Waals surface area contributed by atoms with Crippen molar-refractivity contribution in [2.24, 2.45) is 10.3 Å². The monoisotopic (exact) mass is 69.0 g/mol. The number of rotatable bonds is 0. The summed E-state index contributed by atoms with van der Waals surface area (Å²) in [4.78, 5) is 0. The number of hydrogen-bond donors (Lipinski definition) is 0. The Kier molecular flexibility index (Phi) is 0.463. The zero-order chi connectivity index (χ0) is 3.54. The molecule has 0 aromatic rings. The molecule has 0 spiro atoms. The van der Waals surface area contributed by atoms with Crippen LogP contribution >= 0.6 is 0 Å². The summed E-state index contributed by atoms with van der Waals surface area (Å²) in [5.74, 6) is 0. The van der Waals surface area contributed by atoms with Gasteiger partial charge in [0, 0.05) is 5.11 Å². The van der Waals surface area contributed by atoms with E-state index in [0.29, 0.717) is 6.54 Å². The fraction of sp³-hybridized carbons (Fsp3) is 0.500. The van der Waals surface area contributed by atoms with Gasteiger partial charge in [0.15, 0.2) is 11.4 Å². The summed E-state index contributed by atoms with van der Waals surface area (Å²) < 4.78 is 0. The molecular formula is C2H3N3+. The minimum absolute atomic E-state index is 0.667. The van der Waals surface area contributed by atoms with Crippen molar-refractivity contribution in [3.05, 3.63) is 0 Å². The first-order chi connectivity index (χ1) is 2.50. The molecule has 0 fully saturated rings. The SMILES string of the molecule is C1=[N+]N=NC1. The molecule has 0 saturated heterocycles. The molecule has 0 saturated carbocycles. The smallest absolute Gasteiger partial charge is 0.0423 e. The van der Waals surface area contributed by atoms with E-state index in [2.05, 4.69) is 15.4 Å². The van der Waals surface area contributed by atoms with Gasteiger partial charge >= 0.3 is 0 Å². The van der Waals surface area contributed by atoms with Crippen molar-refractivity contribution in [1.29, 1.82) is 0 Å². The molecule has 0 bridgehead atoms. The van der Waals surface area contributed by atoms with Crippen molar-refractivity contribution in [3.8, 4) is 0 Å². The van der Waals surface area contributed by atoms with Crippen LogP contribution in [0, 0.1) is 0 Å². The molecule has 0 amide bonds. The van der Waals surface area contributed by atoms with Gasteiger partial charge < -0.3 is 0 Å². The van der Waals surface area contributed by atoms with Crippen molar-refractivity contribution < 1.29 is 0 Å². The van der Waals surface area contributed by atoms with Crippen LogP contribution in [0.2, 0.25) is 0 Å². The Bertz CT molecular complexity index is 63.0. The normalized spacial score (nSPS) is 17.6. The summed E-state index contributed by atoms with van der Waals surface area (Å²) >= 11 is 0. The Morgan fingerprint density at radius 1 is 1.80 bits per heavy atom. The molecule has 0 aromatic heterocycles. The first kappa shape index (κ1) is 2.50. The lowest BCUT2D eigenvalue weighted by atomic mass is 10.8. The van der Waals surface area contributed by atoms with Crippen molar-refractivity contribution in [2.45, 2.75) is 0 Å². The second kappa shape index (κ2) is 0.924.